The topological polar surface area (TPSA) is 136 Å². The number of rotatable bonds is 8. The molecule has 176 valence electrons. The number of hydrogen-bond donors (Lipinski definition) is 1. The normalized spacial score (nSPS) is 11.2. The summed E-state index contributed by atoms with van der Waals surface area (Å²) in [6.45, 7) is 7.27. The van der Waals surface area contributed by atoms with Crippen LogP contribution in [0, 0.1) is 12.8 Å². The largest absolute Gasteiger partial charge is 0.494 e. The van der Waals surface area contributed by atoms with Crippen molar-refractivity contribution in [1.29, 1.82) is 0 Å². The fourth-order valence-corrected chi connectivity index (χ4v) is 3.51. The summed E-state index contributed by atoms with van der Waals surface area (Å²) >= 11 is 0. The van der Waals surface area contributed by atoms with Crippen LogP contribution < -0.4 is 21.7 Å². The van der Waals surface area contributed by atoms with E-state index in [0.29, 0.717) is 28.9 Å². The number of ketones is 1. The lowest BCUT2D eigenvalue weighted by atomic mass is 10.1. The van der Waals surface area contributed by atoms with Crippen molar-refractivity contribution in [3.63, 3.8) is 0 Å². The standard InChI is InChI=1S/C23H27N3O7/c1-6-31-14-7-8-17-15(9-14)13(4)19(33-17)22(29)32-11-16(27)18-20(24)26(10-12(2)3)23(30)25(5)21(18)28/h7-9,12H,6,10-11,24H2,1-5H3. The van der Waals surface area contributed by atoms with E-state index in [0.717, 1.165) is 4.57 Å². The monoisotopic (exact) mass is 457 g/mol. The van der Waals surface area contributed by atoms with E-state index in [-0.39, 0.29) is 24.0 Å². The molecule has 2 heterocycles. The number of benzene rings is 1. The van der Waals surface area contributed by atoms with Crippen molar-refractivity contribution in [2.45, 2.75) is 34.2 Å². The van der Waals surface area contributed by atoms with Gasteiger partial charge in [0, 0.05) is 24.5 Å². The van der Waals surface area contributed by atoms with Gasteiger partial charge in [-0.2, -0.15) is 0 Å². The summed E-state index contributed by atoms with van der Waals surface area (Å²) < 4.78 is 18.2. The first kappa shape index (κ1) is 23.8. The SMILES string of the molecule is CCOc1ccc2oc(C(=O)OCC(=O)c3c(N)n(CC(C)C)c(=O)n(C)c3=O)c(C)c2c1. The summed E-state index contributed by atoms with van der Waals surface area (Å²) in [4.78, 5) is 50.3. The molecule has 0 unspecified atom stereocenters. The lowest BCUT2D eigenvalue weighted by molar-refractivity contribution is 0.0444. The molecular formula is C23H27N3O7. The molecule has 0 atom stereocenters. The van der Waals surface area contributed by atoms with Gasteiger partial charge in [-0.15, -0.1) is 0 Å². The summed E-state index contributed by atoms with van der Waals surface area (Å²) in [5, 5.41) is 0.679. The highest BCUT2D eigenvalue weighted by atomic mass is 16.5. The Morgan fingerprint density at radius 2 is 1.91 bits per heavy atom. The summed E-state index contributed by atoms with van der Waals surface area (Å²) in [6.07, 6.45) is 0. The second-order valence-corrected chi connectivity index (χ2v) is 8.06. The molecule has 0 spiro atoms. The number of nitrogens with zero attached hydrogens (tertiary/aromatic N) is 2. The first-order valence-electron chi connectivity index (χ1n) is 10.5. The maximum atomic E-state index is 12.8. The van der Waals surface area contributed by atoms with Crippen LogP contribution in [0.4, 0.5) is 5.82 Å². The number of nitrogen functional groups attached to an aromatic ring is 1. The number of carbonyl (C=O) groups excluding carboxylic acids is 2. The zero-order valence-electron chi connectivity index (χ0n) is 19.3. The molecule has 0 amide bonds. The Balaban J connectivity index is 1.86. The molecule has 2 aromatic heterocycles. The zero-order chi connectivity index (χ0) is 24.4. The Labute approximate surface area is 189 Å². The molecule has 3 aromatic rings. The molecule has 0 aliphatic carbocycles. The van der Waals surface area contributed by atoms with Crippen molar-refractivity contribution >= 4 is 28.5 Å². The van der Waals surface area contributed by atoms with Gasteiger partial charge in [-0.25, -0.2) is 9.59 Å². The number of Topliss-reactive ketones (excluding diaryl/α,β-unsaturated/α-hetero) is 1. The van der Waals surface area contributed by atoms with E-state index >= 15 is 0 Å². The minimum Gasteiger partial charge on any atom is -0.494 e. The Morgan fingerprint density at radius 3 is 2.55 bits per heavy atom. The van der Waals surface area contributed by atoms with Crippen LogP contribution in [0.15, 0.2) is 32.2 Å². The van der Waals surface area contributed by atoms with Crippen molar-refractivity contribution in [2.75, 3.05) is 18.9 Å². The highest BCUT2D eigenvalue weighted by molar-refractivity contribution is 6.02. The van der Waals surface area contributed by atoms with Crippen molar-refractivity contribution < 1.29 is 23.5 Å². The summed E-state index contributed by atoms with van der Waals surface area (Å²) in [5.74, 6) is -1.31. The molecule has 0 aliphatic heterocycles. The number of aryl methyl sites for hydroxylation is 1. The Kier molecular flexibility index (Phi) is 6.75. The van der Waals surface area contributed by atoms with Crippen LogP contribution >= 0.6 is 0 Å². The fourth-order valence-electron chi connectivity index (χ4n) is 3.51. The smallest absolute Gasteiger partial charge is 0.375 e. The van der Waals surface area contributed by atoms with E-state index in [2.05, 4.69) is 0 Å². The molecule has 0 saturated heterocycles. The van der Waals surface area contributed by atoms with E-state index < -0.39 is 35.2 Å². The van der Waals surface area contributed by atoms with Gasteiger partial charge in [0.1, 0.15) is 22.7 Å². The third-order valence-corrected chi connectivity index (χ3v) is 5.15. The highest BCUT2D eigenvalue weighted by Crippen LogP contribution is 2.29. The van der Waals surface area contributed by atoms with Gasteiger partial charge in [-0.1, -0.05) is 13.8 Å². The molecule has 3 rings (SSSR count). The van der Waals surface area contributed by atoms with Crippen LogP contribution in [-0.2, 0) is 18.3 Å². The lowest BCUT2D eigenvalue weighted by Crippen LogP contribution is -2.43. The predicted octanol–water partition coefficient (Wildman–Crippen LogP) is 2.28. The Morgan fingerprint density at radius 1 is 1.21 bits per heavy atom. The van der Waals surface area contributed by atoms with Gasteiger partial charge in [0.25, 0.3) is 5.56 Å². The van der Waals surface area contributed by atoms with Gasteiger partial charge in [-0.05, 0) is 38.0 Å². The quantitative estimate of drug-likeness (QED) is 0.402. The number of ether oxygens (including phenoxy) is 2. The number of esters is 1. The summed E-state index contributed by atoms with van der Waals surface area (Å²) in [5.41, 5.74) is 5.13. The van der Waals surface area contributed by atoms with Crippen LogP contribution in [0.1, 0.15) is 47.2 Å². The molecule has 33 heavy (non-hydrogen) atoms. The lowest BCUT2D eigenvalue weighted by Gasteiger charge is -2.16. The third-order valence-electron chi connectivity index (χ3n) is 5.15. The first-order valence-corrected chi connectivity index (χ1v) is 10.5. The van der Waals surface area contributed by atoms with E-state index in [1.807, 2.05) is 20.8 Å². The van der Waals surface area contributed by atoms with Crippen molar-refractivity contribution in [1.82, 2.24) is 9.13 Å². The number of furan rings is 1. The third kappa shape index (κ3) is 4.55. The predicted molar refractivity (Wildman–Crippen MR) is 122 cm³/mol. The minimum absolute atomic E-state index is 0.0441. The first-order chi connectivity index (χ1) is 15.6. The van der Waals surface area contributed by atoms with E-state index in [4.69, 9.17) is 19.6 Å². The van der Waals surface area contributed by atoms with Gasteiger partial charge in [0.2, 0.25) is 11.5 Å². The van der Waals surface area contributed by atoms with Crippen molar-refractivity contribution in [3.05, 3.63) is 55.9 Å². The molecule has 10 nitrogen and oxygen atoms in total. The van der Waals surface area contributed by atoms with E-state index in [1.165, 1.54) is 11.6 Å². The maximum absolute atomic E-state index is 12.8. The number of aromatic nitrogens is 2. The molecule has 0 radical (unpaired) electrons. The van der Waals surface area contributed by atoms with E-state index in [9.17, 15) is 19.2 Å². The van der Waals surface area contributed by atoms with Crippen molar-refractivity contribution in [2.24, 2.45) is 13.0 Å². The zero-order valence-corrected chi connectivity index (χ0v) is 19.3. The second kappa shape index (κ2) is 9.35. The molecule has 10 heteroatoms. The van der Waals surface area contributed by atoms with Crippen LogP contribution in [0.5, 0.6) is 5.75 Å². The average Bonchev–Trinajstić information content (AvgIpc) is 3.10. The second-order valence-electron chi connectivity index (χ2n) is 8.06. The average molecular weight is 457 g/mol. The molecule has 0 aliphatic rings. The van der Waals surface area contributed by atoms with Crippen molar-refractivity contribution in [3.8, 4) is 5.75 Å². The Bertz CT molecular complexity index is 1340. The molecule has 0 bridgehead atoms. The number of anilines is 1. The number of fused-ring (bicyclic) bond motifs is 1. The molecule has 0 fully saturated rings. The molecule has 1 aromatic carbocycles. The number of carbonyl (C=O) groups is 2. The minimum atomic E-state index is -0.860. The van der Waals surface area contributed by atoms with Crippen LogP contribution in [-0.4, -0.2) is 34.1 Å². The summed E-state index contributed by atoms with van der Waals surface area (Å²) in [6, 6.07) is 5.15. The number of nitrogens with two attached hydrogens (primary N) is 1. The van der Waals surface area contributed by atoms with E-state index in [1.54, 1.807) is 25.1 Å². The van der Waals surface area contributed by atoms with Crippen LogP contribution in [0.25, 0.3) is 11.0 Å². The van der Waals surface area contributed by atoms with Crippen LogP contribution in [0.3, 0.4) is 0 Å². The fraction of sp³-hybridized carbons (Fsp3) is 0.391. The van der Waals surface area contributed by atoms with Gasteiger partial charge >= 0.3 is 11.7 Å². The van der Waals surface area contributed by atoms with Gasteiger partial charge in [-0.3, -0.25) is 18.7 Å². The highest BCUT2D eigenvalue weighted by Gasteiger charge is 2.25. The van der Waals surface area contributed by atoms with Gasteiger partial charge in [0.15, 0.2) is 6.61 Å². The Hall–Kier alpha value is -3.82. The maximum Gasteiger partial charge on any atom is 0.375 e. The van der Waals surface area contributed by atoms with Gasteiger partial charge in [0.05, 0.1) is 6.61 Å². The molecule has 2 N–H and O–H groups in total. The number of hydrogen-bond acceptors (Lipinski definition) is 8. The summed E-state index contributed by atoms with van der Waals surface area (Å²) in [7, 11) is 1.26. The van der Waals surface area contributed by atoms with Crippen LogP contribution in [0.2, 0.25) is 0 Å². The molecular weight excluding hydrogens is 430 g/mol. The molecule has 0 saturated carbocycles. The van der Waals surface area contributed by atoms with Gasteiger partial charge < -0.3 is 19.6 Å².